The Kier molecular flexibility index (Phi) is 4.98. The zero-order valence-electron chi connectivity index (χ0n) is 15.1. The number of carbonyl (C=O) groups is 1. The highest BCUT2D eigenvalue weighted by atomic mass is 16.6. The molecule has 0 aromatic heterocycles. The summed E-state index contributed by atoms with van der Waals surface area (Å²) in [5, 5.41) is 0. The molecule has 0 saturated carbocycles. The van der Waals surface area contributed by atoms with Crippen LogP contribution in [-0.2, 0) is 11.3 Å². The second kappa shape index (κ2) is 7.18. The van der Waals surface area contributed by atoms with Gasteiger partial charge in [0.05, 0.1) is 0 Å². The Labute approximate surface area is 149 Å². The minimum atomic E-state index is -0.445. The Hall–Kier alpha value is -2.49. The third kappa shape index (κ3) is 4.75. The van der Waals surface area contributed by atoms with Crippen LogP contribution in [0.4, 0.5) is 4.79 Å². The summed E-state index contributed by atoms with van der Waals surface area (Å²) in [6.07, 6.45) is -0.230. The fourth-order valence-electron chi connectivity index (χ4n) is 2.74. The molecule has 1 aliphatic heterocycles. The quantitative estimate of drug-likeness (QED) is 0.817. The standard InChI is InChI=1S/C21H25NO3/c1-21(2,3)25-20(23)22-13-18(14-22)17-9-11-19(12-10-17)24-15-16-7-5-4-6-8-16/h4-12,18H,13-15H2,1-3H3. The molecule has 4 nitrogen and oxygen atoms in total. The molecular formula is C21H25NO3. The third-order valence-corrected chi connectivity index (χ3v) is 4.13. The van der Waals surface area contributed by atoms with Crippen molar-refractivity contribution in [2.75, 3.05) is 13.1 Å². The molecule has 2 aromatic carbocycles. The van der Waals surface area contributed by atoms with E-state index in [0.29, 0.717) is 25.6 Å². The van der Waals surface area contributed by atoms with Crippen LogP contribution in [0.15, 0.2) is 54.6 Å². The van der Waals surface area contributed by atoms with Crippen molar-refractivity contribution in [3.8, 4) is 5.75 Å². The van der Waals surface area contributed by atoms with Crippen LogP contribution in [-0.4, -0.2) is 29.7 Å². The molecule has 1 amide bonds. The SMILES string of the molecule is CC(C)(C)OC(=O)N1CC(c2ccc(OCc3ccccc3)cc2)C1. The van der Waals surface area contributed by atoms with Gasteiger partial charge in [-0.3, -0.25) is 0 Å². The van der Waals surface area contributed by atoms with Crippen molar-refractivity contribution in [1.82, 2.24) is 4.90 Å². The molecule has 0 radical (unpaired) electrons. The van der Waals surface area contributed by atoms with Gasteiger partial charge in [-0.15, -0.1) is 0 Å². The van der Waals surface area contributed by atoms with Gasteiger partial charge in [-0.2, -0.15) is 0 Å². The molecule has 25 heavy (non-hydrogen) atoms. The molecule has 0 bridgehead atoms. The van der Waals surface area contributed by atoms with E-state index in [0.717, 1.165) is 11.3 Å². The van der Waals surface area contributed by atoms with Gasteiger partial charge in [-0.05, 0) is 44.0 Å². The van der Waals surface area contributed by atoms with Gasteiger partial charge in [0, 0.05) is 19.0 Å². The maximum absolute atomic E-state index is 12.0. The lowest BCUT2D eigenvalue weighted by Crippen LogP contribution is -2.50. The predicted octanol–water partition coefficient (Wildman–Crippen LogP) is 4.60. The van der Waals surface area contributed by atoms with Crippen LogP contribution in [0.25, 0.3) is 0 Å². The maximum Gasteiger partial charge on any atom is 0.410 e. The van der Waals surface area contributed by atoms with E-state index >= 15 is 0 Å². The fraction of sp³-hybridized carbons (Fsp3) is 0.381. The number of hydrogen-bond acceptors (Lipinski definition) is 3. The minimum Gasteiger partial charge on any atom is -0.489 e. The summed E-state index contributed by atoms with van der Waals surface area (Å²) in [5.41, 5.74) is 1.94. The first-order valence-corrected chi connectivity index (χ1v) is 8.65. The van der Waals surface area contributed by atoms with E-state index in [-0.39, 0.29) is 6.09 Å². The molecule has 0 N–H and O–H groups in total. The van der Waals surface area contributed by atoms with E-state index in [2.05, 4.69) is 12.1 Å². The fourth-order valence-corrected chi connectivity index (χ4v) is 2.74. The Morgan fingerprint density at radius 2 is 1.68 bits per heavy atom. The third-order valence-electron chi connectivity index (χ3n) is 4.13. The van der Waals surface area contributed by atoms with Crippen molar-refractivity contribution in [3.05, 3.63) is 65.7 Å². The van der Waals surface area contributed by atoms with Crippen molar-refractivity contribution in [1.29, 1.82) is 0 Å². The molecule has 4 heteroatoms. The number of benzene rings is 2. The Bertz CT molecular complexity index is 698. The van der Waals surface area contributed by atoms with Gasteiger partial charge in [0.15, 0.2) is 0 Å². The van der Waals surface area contributed by atoms with Crippen LogP contribution < -0.4 is 4.74 Å². The van der Waals surface area contributed by atoms with Crippen LogP contribution in [0.5, 0.6) is 5.75 Å². The van der Waals surface area contributed by atoms with Gasteiger partial charge in [0.1, 0.15) is 18.0 Å². The molecule has 0 unspecified atom stereocenters. The van der Waals surface area contributed by atoms with Crippen molar-refractivity contribution < 1.29 is 14.3 Å². The van der Waals surface area contributed by atoms with E-state index in [4.69, 9.17) is 9.47 Å². The molecule has 0 atom stereocenters. The Balaban J connectivity index is 1.48. The van der Waals surface area contributed by atoms with Gasteiger partial charge < -0.3 is 14.4 Å². The average Bonchev–Trinajstić information content (AvgIpc) is 2.52. The average molecular weight is 339 g/mol. The Morgan fingerprint density at radius 3 is 2.28 bits per heavy atom. The lowest BCUT2D eigenvalue weighted by atomic mass is 9.92. The van der Waals surface area contributed by atoms with E-state index in [1.165, 1.54) is 5.56 Å². The highest BCUT2D eigenvalue weighted by Crippen LogP contribution is 2.29. The molecule has 3 rings (SSSR count). The van der Waals surface area contributed by atoms with Crippen molar-refractivity contribution in [2.45, 2.75) is 38.9 Å². The molecule has 1 aliphatic rings. The smallest absolute Gasteiger partial charge is 0.410 e. The normalized spacial score (nSPS) is 14.8. The van der Waals surface area contributed by atoms with Gasteiger partial charge in [-0.1, -0.05) is 42.5 Å². The van der Waals surface area contributed by atoms with Gasteiger partial charge >= 0.3 is 6.09 Å². The number of nitrogens with zero attached hydrogens (tertiary/aromatic N) is 1. The minimum absolute atomic E-state index is 0.230. The first-order valence-electron chi connectivity index (χ1n) is 8.65. The number of carbonyl (C=O) groups excluding carboxylic acids is 1. The van der Waals surface area contributed by atoms with Crippen molar-refractivity contribution in [3.63, 3.8) is 0 Å². The highest BCUT2D eigenvalue weighted by molar-refractivity contribution is 5.69. The summed E-state index contributed by atoms with van der Waals surface area (Å²) in [6.45, 7) is 7.64. The molecule has 0 spiro atoms. The van der Waals surface area contributed by atoms with Crippen LogP contribution in [0, 0.1) is 0 Å². The molecular weight excluding hydrogens is 314 g/mol. The lowest BCUT2D eigenvalue weighted by molar-refractivity contribution is 0.00819. The number of hydrogen-bond donors (Lipinski definition) is 0. The van der Waals surface area contributed by atoms with Crippen LogP contribution >= 0.6 is 0 Å². The van der Waals surface area contributed by atoms with Crippen molar-refractivity contribution in [2.24, 2.45) is 0 Å². The molecule has 132 valence electrons. The summed E-state index contributed by atoms with van der Waals surface area (Å²) in [5.74, 6) is 1.23. The van der Waals surface area contributed by atoms with Gasteiger partial charge in [0.2, 0.25) is 0 Å². The zero-order chi connectivity index (χ0) is 17.9. The zero-order valence-corrected chi connectivity index (χ0v) is 15.1. The number of likely N-dealkylation sites (tertiary alicyclic amines) is 1. The maximum atomic E-state index is 12.0. The summed E-state index contributed by atoms with van der Waals surface area (Å²) in [7, 11) is 0. The van der Waals surface area contributed by atoms with Crippen LogP contribution in [0.2, 0.25) is 0 Å². The summed E-state index contributed by atoms with van der Waals surface area (Å²) in [6, 6.07) is 18.3. The summed E-state index contributed by atoms with van der Waals surface area (Å²) in [4.78, 5) is 13.7. The second-order valence-electron chi connectivity index (χ2n) is 7.43. The molecule has 1 heterocycles. The number of ether oxygens (including phenoxy) is 2. The van der Waals surface area contributed by atoms with Gasteiger partial charge in [-0.25, -0.2) is 4.79 Å². The Morgan fingerprint density at radius 1 is 1.04 bits per heavy atom. The largest absolute Gasteiger partial charge is 0.489 e. The second-order valence-corrected chi connectivity index (χ2v) is 7.43. The molecule has 0 aliphatic carbocycles. The molecule has 1 saturated heterocycles. The van der Waals surface area contributed by atoms with Gasteiger partial charge in [0.25, 0.3) is 0 Å². The summed E-state index contributed by atoms with van der Waals surface area (Å²) < 4.78 is 11.2. The monoisotopic (exact) mass is 339 g/mol. The van der Waals surface area contributed by atoms with E-state index in [1.807, 2.05) is 63.2 Å². The first kappa shape index (κ1) is 17.3. The molecule has 1 fully saturated rings. The van der Waals surface area contributed by atoms with E-state index < -0.39 is 5.60 Å². The highest BCUT2D eigenvalue weighted by Gasteiger charge is 2.34. The summed E-state index contributed by atoms with van der Waals surface area (Å²) >= 11 is 0. The van der Waals surface area contributed by atoms with Crippen molar-refractivity contribution >= 4 is 6.09 Å². The lowest BCUT2D eigenvalue weighted by Gasteiger charge is -2.40. The van der Waals surface area contributed by atoms with Crippen LogP contribution in [0.1, 0.15) is 37.8 Å². The number of amides is 1. The van der Waals surface area contributed by atoms with Crippen LogP contribution in [0.3, 0.4) is 0 Å². The predicted molar refractivity (Wildman–Crippen MR) is 97.8 cm³/mol. The topological polar surface area (TPSA) is 38.8 Å². The van der Waals surface area contributed by atoms with E-state index in [1.54, 1.807) is 4.90 Å². The molecule has 2 aromatic rings. The number of rotatable bonds is 4. The first-order chi connectivity index (χ1) is 11.9. The van der Waals surface area contributed by atoms with E-state index in [9.17, 15) is 4.79 Å².